The largest absolute Gasteiger partial charge is 0.495 e. The SMILES string of the molecule is COc1cc(N)ccc1N1CC2CC1CN2C(=O)O. The highest BCUT2D eigenvalue weighted by Crippen LogP contribution is 2.39. The number of likely N-dealkylation sites (tertiary alicyclic amines) is 1. The topological polar surface area (TPSA) is 79.0 Å². The molecule has 0 saturated carbocycles. The van der Waals surface area contributed by atoms with Crippen LogP contribution in [-0.4, -0.2) is 48.4 Å². The lowest BCUT2D eigenvalue weighted by Gasteiger charge is -2.34. The van der Waals surface area contributed by atoms with Crippen LogP contribution in [0.5, 0.6) is 5.75 Å². The summed E-state index contributed by atoms with van der Waals surface area (Å²) in [4.78, 5) is 14.8. The van der Waals surface area contributed by atoms with E-state index in [4.69, 9.17) is 15.6 Å². The number of benzene rings is 1. The molecule has 1 aromatic rings. The van der Waals surface area contributed by atoms with E-state index in [-0.39, 0.29) is 12.1 Å². The van der Waals surface area contributed by atoms with Crippen molar-refractivity contribution < 1.29 is 14.6 Å². The molecule has 6 heteroatoms. The first kappa shape index (κ1) is 12.0. The third-order valence-corrected chi connectivity index (χ3v) is 4.00. The van der Waals surface area contributed by atoms with E-state index < -0.39 is 6.09 Å². The van der Waals surface area contributed by atoms with Crippen molar-refractivity contribution in [2.45, 2.75) is 18.5 Å². The number of amides is 1. The van der Waals surface area contributed by atoms with Crippen LogP contribution in [0.4, 0.5) is 16.2 Å². The second-order valence-corrected chi connectivity index (χ2v) is 5.06. The number of carbonyl (C=O) groups is 1. The number of nitrogens with zero attached hydrogens (tertiary/aromatic N) is 2. The second-order valence-electron chi connectivity index (χ2n) is 5.06. The Morgan fingerprint density at radius 2 is 2.21 bits per heavy atom. The smallest absolute Gasteiger partial charge is 0.407 e. The van der Waals surface area contributed by atoms with Crippen LogP contribution < -0.4 is 15.4 Å². The highest BCUT2D eigenvalue weighted by atomic mass is 16.5. The van der Waals surface area contributed by atoms with Crippen LogP contribution in [0.3, 0.4) is 0 Å². The van der Waals surface area contributed by atoms with Gasteiger partial charge in [0.2, 0.25) is 0 Å². The van der Waals surface area contributed by atoms with Crippen LogP contribution in [0.1, 0.15) is 6.42 Å². The predicted molar refractivity (Wildman–Crippen MR) is 71.7 cm³/mol. The lowest BCUT2D eigenvalue weighted by atomic mass is 10.2. The number of nitrogen functional groups attached to an aromatic ring is 1. The van der Waals surface area contributed by atoms with E-state index in [1.165, 1.54) is 4.90 Å². The Bertz CT molecular complexity index is 520. The zero-order chi connectivity index (χ0) is 13.6. The van der Waals surface area contributed by atoms with Gasteiger partial charge in [0.25, 0.3) is 0 Å². The number of ether oxygens (including phenoxy) is 1. The average Bonchev–Trinajstić information content (AvgIpc) is 2.98. The average molecular weight is 263 g/mol. The number of fused-ring (bicyclic) bond motifs is 2. The van der Waals surface area contributed by atoms with Gasteiger partial charge in [-0.05, 0) is 18.6 Å². The molecule has 19 heavy (non-hydrogen) atoms. The zero-order valence-corrected chi connectivity index (χ0v) is 10.7. The summed E-state index contributed by atoms with van der Waals surface area (Å²) in [6.45, 7) is 1.28. The van der Waals surface area contributed by atoms with Crippen molar-refractivity contribution in [2.24, 2.45) is 0 Å². The van der Waals surface area contributed by atoms with Crippen molar-refractivity contribution in [1.82, 2.24) is 4.90 Å². The van der Waals surface area contributed by atoms with Crippen molar-refractivity contribution >= 4 is 17.5 Å². The number of piperazine rings is 1. The van der Waals surface area contributed by atoms with Crippen LogP contribution in [0.2, 0.25) is 0 Å². The molecule has 102 valence electrons. The molecule has 2 aliphatic heterocycles. The summed E-state index contributed by atoms with van der Waals surface area (Å²) in [5.74, 6) is 0.745. The fraction of sp³-hybridized carbons (Fsp3) is 0.462. The van der Waals surface area contributed by atoms with Gasteiger partial charge in [0, 0.05) is 30.9 Å². The van der Waals surface area contributed by atoms with Crippen LogP contribution in [0.15, 0.2) is 18.2 Å². The van der Waals surface area contributed by atoms with Gasteiger partial charge in [0.15, 0.2) is 0 Å². The van der Waals surface area contributed by atoms with Gasteiger partial charge in [-0.15, -0.1) is 0 Å². The Hall–Kier alpha value is -2.11. The summed E-state index contributed by atoms with van der Waals surface area (Å²) in [5, 5.41) is 9.10. The Morgan fingerprint density at radius 3 is 2.79 bits per heavy atom. The molecule has 2 bridgehead atoms. The maximum atomic E-state index is 11.1. The number of anilines is 2. The lowest BCUT2D eigenvalue weighted by molar-refractivity contribution is 0.137. The van der Waals surface area contributed by atoms with Gasteiger partial charge in [0.1, 0.15) is 5.75 Å². The summed E-state index contributed by atoms with van der Waals surface area (Å²) >= 11 is 0. The normalized spacial score (nSPS) is 24.9. The summed E-state index contributed by atoms with van der Waals surface area (Å²) in [6, 6.07) is 5.91. The minimum Gasteiger partial charge on any atom is -0.495 e. The van der Waals surface area contributed by atoms with E-state index in [0.717, 1.165) is 24.4 Å². The monoisotopic (exact) mass is 263 g/mol. The minimum atomic E-state index is -0.823. The van der Waals surface area contributed by atoms with Gasteiger partial charge in [-0.25, -0.2) is 4.79 Å². The van der Waals surface area contributed by atoms with Crippen LogP contribution in [-0.2, 0) is 0 Å². The number of nitrogens with two attached hydrogens (primary N) is 1. The highest BCUT2D eigenvalue weighted by Gasteiger charge is 2.46. The molecule has 6 nitrogen and oxygen atoms in total. The summed E-state index contributed by atoms with van der Waals surface area (Å²) in [6.07, 6.45) is 0.0660. The molecular formula is C13H17N3O3. The molecule has 2 fully saturated rings. The summed E-state index contributed by atoms with van der Waals surface area (Å²) < 4.78 is 5.37. The quantitative estimate of drug-likeness (QED) is 0.784. The van der Waals surface area contributed by atoms with Crippen LogP contribution in [0, 0.1) is 0 Å². The first-order chi connectivity index (χ1) is 9.10. The van der Waals surface area contributed by atoms with E-state index in [1.807, 2.05) is 12.1 Å². The van der Waals surface area contributed by atoms with E-state index >= 15 is 0 Å². The number of hydrogen-bond acceptors (Lipinski definition) is 4. The minimum absolute atomic E-state index is 0.0877. The van der Waals surface area contributed by atoms with Crippen molar-refractivity contribution in [3.63, 3.8) is 0 Å². The number of hydrogen-bond donors (Lipinski definition) is 2. The Morgan fingerprint density at radius 1 is 1.42 bits per heavy atom. The van der Waals surface area contributed by atoms with Crippen molar-refractivity contribution in [2.75, 3.05) is 30.8 Å². The van der Waals surface area contributed by atoms with Crippen molar-refractivity contribution in [3.05, 3.63) is 18.2 Å². The Balaban J connectivity index is 1.85. The third kappa shape index (κ3) is 1.83. The highest BCUT2D eigenvalue weighted by molar-refractivity contribution is 5.69. The fourth-order valence-corrected chi connectivity index (χ4v) is 3.13. The van der Waals surface area contributed by atoms with Crippen LogP contribution >= 0.6 is 0 Å². The van der Waals surface area contributed by atoms with E-state index in [9.17, 15) is 4.79 Å². The molecule has 2 atom stereocenters. The molecule has 2 aliphatic rings. The van der Waals surface area contributed by atoms with Gasteiger partial charge in [-0.1, -0.05) is 0 Å². The number of methoxy groups -OCH3 is 1. The maximum Gasteiger partial charge on any atom is 0.407 e. The third-order valence-electron chi connectivity index (χ3n) is 4.00. The zero-order valence-electron chi connectivity index (χ0n) is 10.7. The summed E-state index contributed by atoms with van der Waals surface area (Å²) in [7, 11) is 1.62. The lowest BCUT2D eigenvalue weighted by Crippen LogP contribution is -2.48. The van der Waals surface area contributed by atoms with E-state index in [0.29, 0.717) is 12.2 Å². The predicted octanol–water partition coefficient (Wildman–Crippen LogP) is 1.22. The standard InChI is InChI=1S/C13H17N3O3/c1-19-12-4-8(14)2-3-11(12)15-6-10-5-9(15)7-16(10)13(17)18/h2-4,9-10H,5-7,14H2,1H3,(H,17,18). The molecule has 1 amide bonds. The molecular weight excluding hydrogens is 246 g/mol. The summed E-state index contributed by atoms with van der Waals surface area (Å²) in [5.41, 5.74) is 7.41. The van der Waals surface area contributed by atoms with Gasteiger partial charge < -0.3 is 25.4 Å². The Kier molecular flexibility index (Phi) is 2.66. The van der Waals surface area contributed by atoms with Crippen molar-refractivity contribution in [1.29, 1.82) is 0 Å². The van der Waals surface area contributed by atoms with Crippen molar-refractivity contribution in [3.8, 4) is 5.75 Å². The number of rotatable bonds is 2. The molecule has 1 aromatic carbocycles. The van der Waals surface area contributed by atoms with E-state index in [1.54, 1.807) is 13.2 Å². The van der Waals surface area contributed by atoms with Gasteiger partial charge in [0.05, 0.1) is 18.8 Å². The fourth-order valence-electron chi connectivity index (χ4n) is 3.13. The molecule has 0 spiro atoms. The molecule has 0 aromatic heterocycles. The van der Waals surface area contributed by atoms with Gasteiger partial charge >= 0.3 is 6.09 Å². The molecule has 0 radical (unpaired) electrons. The van der Waals surface area contributed by atoms with E-state index in [2.05, 4.69) is 4.90 Å². The maximum absolute atomic E-state index is 11.1. The van der Waals surface area contributed by atoms with Gasteiger partial charge in [-0.3, -0.25) is 0 Å². The molecule has 3 rings (SSSR count). The number of carboxylic acid groups (broad SMARTS) is 1. The van der Waals surface area contributed by atoms with Crippen LogP contribution in [0.25, 0.3) is 0 Å². The van der Waals surface area contributed by atoms with Gasteiger partial charge in [-0.2, -0.15) is 0 Å². The molecule has 2 saturated heterocycles. The first-order valence-electron chi connectivity index (χ1n) is 6.30. The molecule has 0 aliphatic carbocycles. The second kappa shape index (κ2) is 4.22. The molecule has 3 N–H and O–H groups in total. The Labute approximate surface area is 111 Å². The first-order valence-corrected chi connectivity index (χ1v) is 6.30. The molecule has 2 heterocycles. The molecule has 2 unspecified atom stereocenters.